The minimum absolute atomic E-state index is 0.0471. The molecule has 0 aliphatic carbocycles. The number of fused-ring (bicyclic) bond motifs is 4. The molecule has 2 aromatic carbocycles. The quantitative estimate of drug-likeness (QED) is 0.326. The number of amides is 2. The van der Waals surface area contributed by atoms with Crippen molar-refractivity contribution in [2.45, 2.75) is 57.1 Å². The second kappa shape index (κ2) is 12.6. The van der Waals surface area contributed by atoms with Gasteiger partial charge in [-0.25, -0.2) is 9.69 Å². The third-order valence-electron chi connectivity index (χ3n) is 7.33. The molecule has 3 heterocycles. The van der Waals surface area contributed by atoms with Gasteiger partial charge in [0.1, 0.15) is 6.61 Å². The van der Waals surface area contributed by atoms with E-state index in [1.807, 2.05) is 24.3 Å². The molecule has 1 N–H and O–H groups in total. The molecule has 0 aromatic heterocycles. The molecule has 0 spiro atoms. The number of methoxy groups -OCH3 is 1. The Morgan fingerprint density at radius 2 is 2.00 bits per heavy atom. The van der Waals surface area contributed by atoms with Crippen LogP contribution in [0.4, 0.5) is 16.2 Å². The lowest BCUT2D eigenvalue weighted by Crippen LogP contribution is -2.55. The van der Waals surface area contributed by atoms with E-state index < -0.39 is 30.6 Å². The van der Waals surface area contributed by atoms with Crippen molar-refractivity contribution in [2.75, 3.05) is 36.7 Å². The van der Waals surface area contributed by atoms with Crippen molar-refractivity contribution >= 4 is 29.3 Å². The average molecular weight is 567 g/mol. The fraction of sp³-hybridized carbons (Fsp3) is 0.433. The molecule has 2 aromatic rings. The van der Waals surface area contributed by atoms with E-state index in [2.05, 4.69) is 6.58 Å². The highest BCUT2D eigenvalue weighted by Crippen LogP contribution is 2.45. The fourth-order valence-electron chi connectivity index (χ4n) is 5.47. The number of benzene rings is 2. The maximum absolute atomic E-state index is 14.3. The summed E-state index contributed by atoms with van der Waals surface area (Å²) >= 11 is 0. The van der Waals surface area contributed by atoms with Crippen LogP contribution >= 0.6 is 0 Å². The van der Waals surface area contributed by atoms with Crippen LogP contribution in [0.1, 0.15) is 48.0 Å². The summed E-state index contributed by atoms with van der Waals surface area (Å²) in [6, 6.07) is 10.1. The minimum Gasteiger partial charge on any atom is -0.493 e. The van der Waals surface area contributed by atoms with Crippen LogP contribution < -0.4 is 19.3 Å². The molecule has 0 bridgehead atoms. The molecule has 0 radical (unpaired) electrons. The van der Waals surface area contributed by atoms with Gasteiger partial charge in [0.2, 0.25) is 0 Å². The van der Waals surface area contributed by atoms with E-state index in [0.29, 0.717) is 19.4 Å². The summed E-state index contributed by atoms with van der Waals surface area (Å²) in [7, 11) is 1.45. The van der Waals surface area contributed by atoms with Crippen molar-refractivity contribution in [1.29, 1.82) is 0 Å². The van der Waals surface area contributed by atoms with E-state index in [9.17, 15) is 14.4 Å². The van der Waals surface area contributed by atoms with Crippen LogP contribution in [-0.4, -0.2) is 68.6 Å². The number of anilines is 2. The van der Waals surface area contributed by atoms with Crippen LogP contribution in [0.25, 0.3) is 0 Å². The van der Waals surface area contributed by atoms with Crippen LogP contribution in [0, 0.1) is 0 Å². The highest BCUT2D eigenvalue weighted by molar-refractivity contribution is 6.14. The van der Waals surface area contributed by atoms with Crippen LogP contribution in [0.2, 0.25) is 0 Å². The molecular formula is C30H34N2O9. The van der Waals surface area contributed by atoms with E-state index in [-0.39, 0.29) is 54.7 Å². The third-order valence-corrected chi connectivity index (χ3v) is 7.33. The highest BCUT2D eigenvalue weighted by Gasteiger charge is 2.49. The molecule has 2 amide bonds. The van der Waals surface area contributed by atoms with Crippen LogP contribution in [0.3, 0.4) is 0 Å². The molecule has 11 nitrogen and oxygen atoms in total. The average Bonchev–Trinajstić information content (AvgIpc) is 3.33. The van der Waals surface area contributed by atoms with Gasteiger partial charge >= 0.3 is 12.1 Å². The Morgan fingerprint density at radius 3 is 2.73 bits per heavy atom. The molecular weight excluding hydrogens is 532 g/mol. The number of para-hydroxylation sites is 1. The van der Waals surface area contributed by atoms with Crippen molar-refractivity contribution < 1.29 is 43.2 Å². The first kappa shape index (κ1) is 28.4. The fourth-order valence-corrected chi connectivity index (χ4v) is 5.47. The standard InChI is InChI=1S/C30H34N2O9/c1-3-13-40-30(36)32-22-18-25(38-15-8-11-26(33)34)24(37-2)17-20(22)28(35)31-21-10-5-4-9-19(21)16-23(31)29(32)41-27-12-6-7-14-39-27/h3-5,9-10,17-18,23,27,29H,1,6-8,11-16H2,2H3,(H,33,34)/t23-,27?,29?/m0/s1. The van der Waals surface area contributed by atoms with Crippen molar-refractivity contribution in [3.63, 3.8) is 0 Å². The lowest BCUT2D eigenvalue weighted by Gasteiger charge is -2.38. The van der Waals surface area contributed by atoms with Gasteiger partial charge in [0.15, 0.2) is 24.0 Å². The van der Waals surface area contributed by atoms with Gasteiger partial charge in [0, 0.05) is 24.8 Å². The number of carboxylic acids is 1. The van der Waals surface area contributed by atoms with E-state index in [1.54, 1.807) is 11.0 Å². The summed E-state index contributed by atoms with van der Waals surface area (Å²) in [6.45, 7) is 4.23. The molecule has 2 unspecified atom stereocenters. The number of rotatable bonds is 10. The van der Waals surface area contributed by atoms with Gasteiger partial charge in [-0.15, -0.1) is 0 Å². The molecule has 218 valence electrons. The monoisotopic (exact) mass is 566 g/mol. The molecule has 1 fully saturated rings. The van der Waals surface area contributed by atoms with Gasteiger partial charge in [0.05, 0.1) is 31.0 Å². The number of nitrogens with zero attached hydrogens (tertiary/aromatic N) is 2. The summed E-state index contributed by atoms with van der Waals surface area (Å²) in [5.41, 5.74) is 2.12. The molecule has 1 saturated heterocycles. The van der Waals surface area contributed by atoms with Gasteiger partial charge in [-0.2, -0.15) is 0 Å². The van der Waals surface area contributed by atoms with Gasteiger partial charge in [-0.05, 0) is 49.8 Å². The number of ether oxygens (including phenoxy) is 5. The maximum Gasteiger partial charge on any atom is 0.416 e. The number of hydrogen-bond acceptors (Lipinski definition) is 8. The zero-order chi connectivity index (χ0) is 28.9. The van der Waals surface area contributed by atoms with Crippen molar-refractivity contribution in [3.05, 3.63) is 60.2 Å². The molecule has 3 aliphatic heterocycles. The molecule has 3 aliphatic rings. The lowest BCUT2D eigenvalue weighted by molar-refractivity contribution is -0.190. The minimum atomic E-state index is -0.957. The van der Waals surface area contributed by atoms with Gasteiger partial charge < -0.3 is 33.7 Å². The zero-order valence-electron chi connectivity index (χ0n) is 23.0. The van der Waals surface area contributed by atoms with E-state index in [1.165, 1.54) is 24.2 Å². The Morgan fingerprint density at radius 1 is 1.17 bits per heavy atom. The SMILES string of the molecule is C=CCOC(=O)N1c2cc(OCCCC(=O)O)c(OC)cc2C(=O)N2c3ccccc3C[C@H]2C1OC1CCCCO1. The summed E-state index contributed by atoms with van der Waals surface area (Å²) in [5.74, 6) is -0.746. The largest absolute Gasteiger partial charge is 0.493 e. The maximum atomic E-state index is 14.3. The summed E-state index contributed by atoms with van der Waals surface area (Å²) < 4.78 is 29.4. The van der Waals surface area contributed by atoms with E-state index in [4.69, 9.17) is 28.8 Å². The molecule has 0 saturated carbocycles. The van der Waals surface area contributed by atoms with E-state index in [0.717, 1.165) is 24.1 Å². The van der Waals surface area contributed by atoms with Crippen molar-refractivity contribution in [3.8, 4) is 11.5 Å². The van der Waals surface area contributed by atoms with Gasteiger partial charge in [-0.3, -0.25) is 9.59 Å². The second-order valence-corrected chi connectivity index (χ2v) is 10.00. The van der Waals surface area contributed by atoms with Crippen molar-refractivity contribution in [2.24, 2.45) is 0 Å². The Hall–Kier alpha value is -4.09. The Bertz CT molecular complexity index is 1310. The topological polar surface area (TPSA) is 124 Å². The molecule has 11 heteroatoms. The molecule has 41 heavy (non-hydrogen) atoms. The number of carboxylic acid groups (broad SMARTS) is 1. The Balaban J connectivity index is 1.63. The smallest absolute Gasteiger partial charge is 0.416 e. The normalized spacial score (nSPS) is 21.3. The molecule has 3 atom stereocenters. The lowest BCUT2D eigenvalue weighted by atomic mass is 10.1. The Kier molecular flexibility index (Phi) is 8.75. The summed E-state index contributed by atoms with van der Waals surface area (Å²) in [6.07, 6.45) is 2.33. The van der Waals surface area contributed by atoms with Crippen molar-refractivity contribution in [1.82, 2.24) is 0 Å². The highest BCUT2D eigenvalue weighted by atomic mass is 16.7. The van der Waals surface area contributed by atoms with Crippen LogP contribution in [0.15, 0.2) is 49.1 Å². The first-order valence-electron chi connectivity index (χ1n) is 13.7. The van der Waals surface area contributed by atoms with E-state index >= 15 is 0 Å². The second-order valence-electron chi connectivity index (χ2n) is 10.00. The summed E-state index contributed by atoms with van der Waals surface area (Å²) in [4.78, 5) is 42.1. The van der Waals surface area contributed by atoms with Gasteiger partial charge in [0.25, 0.3) is 5.91 Å². The Labute approximate surface area is 238 Å². The number of carbonyl (C=O) groups excluding carboxylic acids is 2. The third kappa shape index (κ3) is 5.86. The predicted molar refractivity (Wildman–Crippen MR) is 149 cm³/mol. The zero-order valence-corrected chi connectivity index (χ0v) is 23.0. The molecule has 5 rings (SSSR count). The number of carbonyl (C=O) groups is 3. The van der Waals surface area contributed by atoms with Crippen LogP contribution in [-0.2, 0) is 25.4 Å². The number of aliphatic carboxylic acids is 1. The first-order valence-corrected chi connectivity index (χ1v) is 13.7. The number of hydrogen-bond donors (Lipinski definition) is 1. The van der Waals surface area contributed by atoms with Crippen LogP contribution in [0.5, 0.6) is 11.5 Å². The van der Waals surface area contributed by atoms with Gasteiger partial charge in [-0.1, -0.05) is 30.9 Å². The first-order chi connectivity index (χ1) is 19.9. The predicted octanol–water partition coefficient (Wildman–Crippen LogP) is 4.52. The summed E-state index contributed by atoms with van der Waals surface area (Å²) in [5, 5.41) is 9.00.